The number of nitrogens with zero attached hydrogens (tertiary/aromatic N) is 2. The molecule has 1 aromatic carbocycles. The highest BCUT2D eigenvalue weighted by Crippen LogP contribution is 2.70. The second-order valence-electron chi connectivity index (χ2n) is 10.4. The van der Waals surface area contributed by atoms with E-state index in [1.807, 2.05) is 11.3 Å². The van der Waals surface area contributed by atoms with Crippen molar-refractivity contribution in [3.63, 3.8) is 0 Å². The molecule has 3 heteroatoms. The van der Waals surface area contributed by atoms with Gasteiger partial charge in [-0.05, 0) is 92.7 Å². The summed E-state index contributed by atoms with van der Waals surface area (Å²) in [7, 11) is 2.32. The highest BCUT2D eigenvalue weighted by molar-refractivity contribution is 7.16. The number of thiophene rings is 1. The molecular formula is C26H30N2S. The molecule has 1 aliphatic heterocycles. The van der Waals surface area contributed by atoms with Crippen molar-refractivity contribution in [3.8, 4) is 0 Å². The van der Waals surface area contributed by atoms with Crippen LogP contribution >= 0.6 is 11.3 Å². The van der Waals surface area contributed by atoms with E-state index in [1.165, 1.54) is 48.2 Å². The number of anilines is 1. The second kappa shape index (κ2) is 5.49. The summed E-state index contributed by atoms with van der Waals surface area (Å²) in [6.07, 6.45) is 7.30. The molecule has 3 heterocycles. The van der Waals surface area contributed by atoms with Crippen LogP contribution in [0.1, 0.15) is 61.9 Å². The molecule has 2 aromatic heterocycles. The van der Waals surface area contributed by atoms with Gasteiger partial charge in [-0.25, -0.2) is 0 Å². The maximum atomic E-state index is 2.93. The lowest BCUT2D eigenvalue weighted by Crippen LogP contribution is -2.62. The first-order valence-electron chi connectivity index (χ1n) is 11.5. The fourth-order valence-electron chi connectivity index (χ4n) is 8.59. The Balaban J connectivity index is 1.57. The highest BCUT2D eigenvalue weighted by Gasteiger charge is 2.65. The van der Waals surface area contributed by atoms with Crippen LogP contribution in [0.4, 0.5) is 5.69 Å². The van der Waals surface area contributed by atoms with E-state index in [0.29, 0.717) is 6.04 Å². The number of para-hydroxylation sites is 1. The van der Waals surface area contributed by atoms with E-state index in [1.54, 1.807) is 16.6 Å². The Morgan fingerprint density at radius 1 is 0.966 bits per heavy atom. The molecule has 5 aliphatic rings. The van der Waals surface area contributed by atoms with Gasteiger partial charge in [0.1, 0.15) is 4.83 Å². The van der Waals surface area contributed by atoms with E-state index < -0.39 is 0 Å². The summed E-state index contributed by atoms with van der Waals surface area (Å²) in [5.41, 5.74) is 6.44. The predicted octanol–water partition coefficient (Wildman–Crippen LogP) is 6.78. The fourth-order valence-corrected chi connectivity index (χ4v) is 9.47. The van der Waals surface area contributed by atoms with Gasteiger partial charge >= 0.3 is 0 Å². The first-order valence-corrected chi connectivity index (χ1v) is 12.4. The van der Waals surface area contributed by atoms with Crippen LogP contribution in [0.3, 0.4) is 0 Å². The predicted molar refractivity (Wildman–Crippen MR) is 122 cm³/mol. The quantitative estimate of drug-likeness (QED) is 0.435. The van der Waals surface area contributed by atoms with Crippen molar-refractivity contribution in [2.45, 2.75) is 57.5 Å². The number of aryl methyl sites for hydroxylation is 2. The van der Waals surface area contributed by atoms with Crippen LogP contribution < -0.4 is 4.90 Å². The molecule has 1 spiro atoms. The van der Waals surface area contributed by atoms with E-state index in [-0.39, 0.29) is 5.54 Å². The van der Waals surface area contributed by atoms with Crippen LogP contribution in [0.5, 0.6) is 0 Å². The van der Waals surface area contributed by atoms with Crippen molar-refractivity contribution in [2.24, 2.45) is 30.7 Å². The molecule has 3 aromatic rings. The third-order valence-corrected chi connectivity index (χ3v) is 10.2. The van der Waals surface area contributed by atoms with Gasteiger partial charge in [0.05, 0.1) is 11.6 Å². The SMILES string of the molecule is Cc1ccccc1N1[C@@H](C)c2c(c3ccsc3n2C)C12C1CC3CC(C1)CC2C3. The summed E-state index contributed by atoms with van der Waals surface area (Å²) in [5, 5.41) is 3.87. The summed E-state index contributed by atoms with van der Waals surface area (Å²) in [5.74, 6) is 3.60. The summed E-state index contributed by atoms with van der Waals surface area (Å²) in [6, 6.07) is 12.0. The molecule has 4 bridgehead atoms. The van der Waals surface area contributed by atoms with E-state index in [4.69, 9.17) is 0 Å². The number of aromatic nitrogens is 1. The standard InChI is InChI=1S/C26H30N2S/c1-15-6-4-5-7-22(15)28-16(2)24-23(21-8-9-29-25(21)27(24)3)26(28)19-11-17-10-18(13-19)14-20(26)12-17/h4-9,16-20H,10-14H2,1-3H3/t16-,17?,18?,19?,20?,26?/m0/s1. The van der Waals surface area contributed by atoms with Gasteiger partial charge in [-0.3, -0.25) is 0 Å². The molecule has 0 unspecified atom stereocenters. The molecule has 8 rings (SSSR count). The normalized spacial score (nSPS) is 37.2. The summed E-state index contributed by atoms with van der Waals surface area (Å²) < 4.78 is 2.55. The van der Waals surface area contributed by atoms with Gasteiger partial charge in [-0.2, -0.15) is 0 Å². The molecule has 4 fully saturated rings. The van der Waals surface area contributed by atoms with Gasteiger partial charge in [-0.1, -0.05) is 18.2 Å². The molecule has 0 N–H and O–H groups in total. The van der Waals surface area contributed by atoms with Gasteiger partial charge in [0.15, 0.2) is 0 Å². The number of rotatable bonds is 1. The van der Waals surface area contributed by atoms with Gasteiger partial charge < -0.3 is 9.47 Å². The topological polar surface area (TPSA) is 8.17 Å². The van der Waals surface area contributed by atoms with Crippen LogP contribution in [0.25, 0.3) is 10.2 Å². The van der Waals surface area contributed by atoms with Gasteiger partial charge in [0.2, 0.25) is 0 Å². The van der Waals surface area contributed by atoms with E-state index in [2.05, 4.69) is 66.1 Å². The summed E-state index contributed by atoms with van der Waals surface area (Å²) in [4.78, 5) is 4.41. The number of benzene rings is 1. The Kier molecular flexibility index (Phi) is 3.22. The van der Waals surface area contributed by atoms with E-state index in [0.717, 1.165) is 23.7 Å². The minimum Gasteiger partial charge on any atom is -0.353 e. The first kappa shape index (κ1) is 17.0. The van der Waals surface area contributed by atoms with Crippen molar-refractivity contribution in [1.82, 2.24) is 4.57 Å². The van der Waals surface area contributed by atoms with Gasteiger partial charge in [0.25, 0.3) is 0 Å². The molecule has 150 valence electrons. The third kappa shape index (κ3) is 1.86. The molecule has 0 amide bonds. The Bertz CT molecular complexity index is 1110. The molecular weight excluding hydrogens is 372 g/mol. The lowest BCUT2D eigenvalue weighted by molar-refractivity contribution is -0.0596. The molecule has 2 nitrogen and oxygen atoms in total. The second-order valence-corrected chi connectivity index (χ2v) is 11.3. The third-order valence-electron chi connectivity index (χ3n) is 9.18. The van der Waals surface area contributed by atoms with E-state index >= 15 is 0 Å². The first-order chi connectivity index (χ1) is 14.1. The molecule has 0 saturated heterocycles. The minimum absolute atomic E-state index is 0.203. The maximum Gasteiger partial charge on any atom is 0.103 e. The average Bonchev–Trinajstić information content (AvgIpc) is 3.34. The summed E-state index contributed by atoms with van der Waals surface area (Å²) >= 11 is 1.93. The van der Waals surface area contributed by atoms with Crippen molar-refractivity contribution in [3.05, 3.63) is 52.5 Å². The van der Waals surface area contributed by atoms with Crippen molar-refractivity contribution >= 4 is 27.2 Å². The van der Waals surface area contributed by atoms with Crippen LogP contribution in [0, 0.1) is 30.6 Å². The van der Waals surface area contributed by atoms with Crippen molar-refractivity contribution < 1.29 is 0 Å². The average molecular weight is 403 g/mol. The number of hydrogen-bond donors (Lipinski definition) is 0. The smallest absolute Gasteiger partial charge is 0.103 e. The molecule has 1 atom stereocenters. The highest BCUT2D eigenvalue weighted by atomic mass is 32.1. The van der Waals surface area contributed by atoms with Gasteiger partial charge in [-0.15, -0.1) is 11.3 Å². The van der Waals surface area contributed by atoms with Crippen LogP contribution in [-0.4, -0.2) is 4.57 Å². The van der Waals surface area contributed by atoms with E-state index in [9.17, 15) is 0 Å². The maximum absolute atomic E-state index is 2.93. The van der Waals surface area contributed by atoms with Crippen molar-refractivity contribution in [1.29, 1.82) is 0 Å². The Morgan fingerprint density at radius 2 is 1.66 bits per heavy atom. The Hall–Kier alpha value is -1.74. The van der Waals surface area contributed by atoms with Crippen LogP contribution in [0.15, 0.2) is 35.7 Å². The fraction of sp³-hybridized carbons (Fsp3) is 0.538. The van der Waals surface area contributed by atoms with Crippen molar-refractivity contribution in [2.75, 3.05) is 4.90 Å². The number of hydrogen-bond acceptors (Lipinski definition) is 2. The van der Waals surface area contributed by atoms with Gasteiger partial charge in [0, 0.05) is 29.4 Å². The monoisotopic (exact) mass is 402 g/mol. The van der Waals surface area contributed by atoms with Crippen LogP contribution in [-0.2, 0) is 12.6 Å². The lowest BCUT2D eigenvalue weighted by atomic mass is 9.47. The van der Waals surface area contributed by atoms with Crippen LogP contribution in [0.2, 0.25) is 0 Å². The Labute approximate surface area is 177 Å². The Morgan fingerprint density at radius 3 is 2.34 bits per heavy atom. The zero-order valence-electron chi connectivity index (χ0n) is 17.7. The number of fused-ring (bicyclic) bond motifs is 3. The lowest BCUT2D eigenvalue weighted by Gasteiger charge is -2.64. The largest absolute Gasteiger partial charge is 0.353 e. The minimum atomic E-state index is 0.203. The summed E-state index contributed by atoms with van der Waals surface area (Å²) in [6.45, 7) is 4.80. The molecule has 0 radical (unpaired) electrons. The molecule has 29 heavy (non-hydrogen) atoms. The molecule has 4 saturated carbocycles. The zero-order chi connectivity index (χ0) is 19.5. The molecule has 4 aliphatic carbocycles. The zero-order valence-corrected chi connectivity index (χ0v) is 18.5.